The van der Waals surface area contributed by atoms with Crippen molar-refractivity contribution in [3.8, 4) is 0 Å². The van der Waals surface area contributed by atoms with Crippen LogP contribution in [0, 0.1) is 11.7 Å². The molecule has 8 heteroatoms. The van der Waals surface area contributed by atoms with E-state index in [2.05, 4.69) is 57.7 Å². The van der Waals surface area contributed by atoms with Crippen LogP contribution in [0.15, 0.2) is 54.6 Å². The lowest BCUT2D eigenvalue weighted by Crippen LogP contribution is -2.43. The van der Waals surface area contributed by atoms with E-state index in [0.717, 1.165) is 50.7 Å². The highest BCUT2D eigenvalue weighted by Crippen LogP contribution is 2.39. The average molecular weight is 559 g/mol. The molecule has 6 nitrogen and oxygen atoms in total. The normalized spacial score (nSPS) is 20.2. The number of hydrogen-bond acceptors (Lipinski definition) is 5. The molecule has 40 heavy (non-hydrogen) atoms. The van der Waals surface area contributed by atoms with E-state index in [0.29, 0.717) is 23.5 Å². The van der Waals surface area contributed by atoms with Crippen molar-refractivity contribution in [1.82, 2.24) is 15.3 Å². The largest absolute Gasteiger partial charge is 0.361 e. The van der Waals surface area contributed by atoms with Crippen molar-refractivity contribution >= 4 is 34.9 Å². The fourth-order valence-corrected chi connectivity index (χ4v) is 6.85. The lowest BCUT2D eigenvalue weighted by molar-refractivity contribution is 0.292. The Labute approximate surface area is 242 Å². The topological polar surface area (TPSA) is 56.3 Å². The first kappa shape index (κ1) is 26.9. The summed E-state index contributed by atoms with van der Waals surface area (Å²) in [5, 5.41) is 7.32. The molecule has 1 aliphatic carbocycles. The Morgan fingerprint density at radius 1 is 0.950 bits per heavy atom. The predicted octanol–water partition coefficient (Wildman–Crippen LogP) is 6.56. The average Bonchev–Trinajstić information content (AvgIpc) is 3.42. The molecule has 0 amide bonds. The summed E-state index contributed by atoms with van der Waals surface area (Å²) >= 11 is 5.79. The number of fused-ring (bicyclic) bond motifs is 1. The van der Waals surface area contributed by atoms with E-state index in [1.165, 1.54) is 48.8 Å². The smallest absolute Gasteiger partial charge is 0.232 e. The van der Waals surface area contributed by atoms with Gasteiger partial charge in [-0.15, -0.1) is 0 Å². The van der Waals surface area contributed by atoms with E-state index in [-0.39, 0.29) is 11.2 Å². The zero-order valence-electron chi connectivity index (χ0n) is 23.3. The SMILES string of the molecule is C[C@@H]1CCCN(c2cc(N3Cc4ccccc4C3)nc(NC(=S)NCC3(c4ccc(F)cc4)CCCCC3)n2)C1. The van der Waals surface area contributed by atoms with Gasteiger partial charge in [-0.2, -0.15) is 9.97 Å². The molecule has 1 aromatic heterocycles. The number of nitrogens with zero attached hydrogens (tertiary/aromatic N) is 4. The van der Waals surface area contributed by atoms with Crippen LogP contribution in [0.25, 0.3) is 0 Å². The summed E-state index contributed by atoms with van der Waals surface area (Å²) in [4.78, 5) is 14.6. The highest BCUT2D eigenvalue weighted by molar-refractivity contribution is 7.80. The van der Waals surface area contributed by atoms with Gasteiger partial charge in [0.2, 0.25) is 5.95 Å². The third-order valence-corrected chi connectivity index (χ3v) is 9.17. The third-order valence-electron chi connectivity index (χ3n) is 8.92. The van der Waals surface area contributed by atoms with Crippen molar-refractivity contribution in [3.63, 3.8) is 0 Å². The molecule has 2 aliphatic heterocycles. The first-order chi connectivity index (χ1) is 19.5. The highest BCUT2D eigenvalue weighted by Gasteiger charge is 2.34. The summed E-state index contributed by atoms with van der Waals surface area (Å²) in [5.74, 6) is 2.84. The molecule has 3 heterocycles. The lowest BCUT2D eigenvalue weighted by atomic mass is 9.69. The van der Waals surface area contributed by atoms with Crippen LogP contribution in [0.4, 0.5) is 22.0 Å². The van der Waals surface area contributed by atoms with Gasteiger partial charge in [0, 0.05) is 44.2 Å². The molecule has 2 aromatic carbocycles. The van der Waals surface area contributed by atoms with Gasteiger partial charge in [0.1, 0.15) is 17.5 Å². The fraction of sp³-hybridized carbons (Fsp3) is 0.469. The van der Waals surface area contributed by atoms with Gasteiger partial charge in [-0.25, -0.2) is 4.39 Å². The van der Waals surface area contributed by atoms with E-state index in [1.807, 2.05) is 12.1 Å². The van der Waals surface area contributed by atoms with Gasteiger partial charge in [-0.05, 0) is 72.6 Å². The number of rotatable bonds is 6. The lowest BCUT2D eigenvalue weighted by Gasteiger charge is -2.38. The van der Waals surface area contributed by atoms with E-state index < -0.39 is 0 Å². The fourth-order valence-electron chi connectivity index (χ4n) is 6.69. The predicted molar refractivity (Wildman–Crippen MR) is 164 cm³/mol. The zero-order chi connectivity index (χ0) is 27.5. The van der Waals surface area contributed by atoms with Crippen molar-refractivity contribution in [3.05, 3.63) is 77.1 Å². The standard InChI is InChI=1S/C32H39FN6S/c1-23-8-7-17-38(19-23)28-18-29(39-20-24-9-3-4-10-25(24)21-39)36-30(35-28)37-31(40)34-22-32(15-5-2-6-16-32)26-11-13-27(33)14-12-26/h3-4,9-14,18,23H,2,5-8,15-17,19-22H2,1H3,(H2,34,35,36,37,40)/t23-/m1/s1. The zero-order valence-corrected chi connectivity index (χ0v) is 24.2. The van der Waals surface area contributed by atoms with Crippen molar-refractivity contribution in [2.45, 2.75) is 70.4 Å². The molecule has 3 aliphatic rings. The summed E-state index contributed by atoms with van der Waals surface area (Å²) < 4.78 is 13.7. The minimum atomic E-state index is -0.197. The second-order valence-electron chi connectivity index (χ2n) is 11.9. The summed E-state index contributed by atoms with van der Waals surface area (Å²) in [6, 6.07) is 17.8. The molecule has 3 aromatic rings. The van der Waals surface area contributed by atoms with E-state index in [4.69, 9.17) is 22.2 Å². The van der Waals surface area contributed by atoms with Gasteiger partial charge in [0.15, 0.2) is 5.11 Å². The van der Waals surface area contributed by atoms with Crippen molar-refractivity contribution in [2.24, 2.45) is 5.92 Å². The quantitative estimate of drug-likeness (QED) is 0.332. The number of aromatic nitrogens is 2. The number of piperidine rings is 1. The number of halogens is 1. The molecule has 1 atom stereocenters. The number of thiocarbonyl (C=S) groups is 1. The van der Waals surface area contributed by atoms with Crippen molar-refractivity contribution in [2.75, 3.05) is 34.8 Å². The van der Waals surface area contributed by atoms with E-state index in [1.54, 1.807) is 12.1 Å². The van der Waals surface area contributed by atoms with Crippen LogP contribution in [-0.4, -0.2) is 34.7 Å². The molecule has 0 spiro atoms. The van der Waals surface area contributed by atoms with Crippen LogP contribution >= 0.6 is 12.2 Å². The highest BCUT2D eigenvalue weighted by atomic mass is 32.1. The summed E-state index contributed by atoms with van der Waals surface area (Å²) in [6.45, 7) is 6.69. The Morgan fingerprint density at radius 3 is 2.30 bits per heavy atom. The maximum Gasteiger partial charge on any atom is 0.232 e. The maximum absolute atomic E-state index is 13.7. The number of anilines is 3. The Morgan fingerprint density at radius 2 is 1.62 bits per heavy atom. The van der Waals surface area contributed by atoms with Crippen LogP contribution in [0.3, 0.4) is 0 Å². The first-order valence-corrected chi connectivity index (χ1v) is 15.1. The minimum absolute atomic E-state index is 0.0587. The first-order valence-electron chi connectivity index (χ1n) is 14.7. The van der Waals surface area contributed by atoms with Crippen LogP contribution in [0.5, 0.6) is 0 Å². The summed E-state index contributed by atoms with van der Waals surface area (Å²) in [5.41, 5.74) is 3.81. The van der Waals surface area contributed by atoms with E-state index >= 15 is 0 Å². The molecule has 1 saturated carbocycles. The maximum atomic E-state index is 13.7. The molecule has 2 fully saturated rings. The number of nitrogens with one attached hydrogen (secondary N) is 2. The molecule has 0 radical (unpaired) electrons. The monoisotopic (exact) mass is 558 g/mol. The molecule has 1 saturated heterocycles. The number of benzene rings is 2. The Bertz CT molecular complexity index is 1310. The van der Waals surface area contributed by atoms with E-state index in [9.17, 15) is 4.39 Å². The van der Waals surface area contributed by atoms with Gasteiger partial charge in [-0.1, -0.05) is 62.6 Å². The molecule has 2 N–H and O–H groups in total. The molecule has 0 bridgehead atoms. The Hall–Kier alpha value is -3.26. The Balaban J connectivity index is 1.21. The minimum Gasteiger partial charge on any atom is -0.361 e. The molecule has 0 unspecified atom stereocenters. The van der Waals surface area contributed by atoms with Crippen LogP contribution in [0.2, 0.25) is 0 Å². The summed E-state index contributed by atoms with van der Waals surface area (Å²) in [7, 11) is 0. The molecule has 210 valence electrons. The van der Waals surface area contributed by atoms with Crippen LogP contribution in [0.1, 0.15) is 68.6 Å². The van der Waals surface area contributed by atoms with Crippen LogP contribution < -0.4 is 20.4 Å². The van der Waals surface area contributed by atoms with Gasteiger partial charge in [-0.3, -0.25) is 0 Å². The summed E-state index contributed by atoms with van der Waals surface area (Å²) in [6.07, 6.45) is 8.12. The van der Waals surface area contributed by atoms with Crippen molar-refractivity contribution < 1.29 is 4.39 Å². The second kappa shape index (κ2) is 11.7. The molecular weight excluding hydrogens is 519 g/mol. The van der Waals surface area contributed by atoms with Crippen molar-refractivity contribution in [1.29, 1.82) is 0 Å². The van der Waals surface area contributed by atoms with Crippen LogP contribution in [-0.2, 0) is 18.5 Å². The third kappa shape index (κ3) is 5.92. The second-order valence-corrected chi connectivity index (χ2v) is 12.3. The van der Waals surface area contributed by atoms with Gasteiger partial charge in [0.05, 0.1) is 0 Å². The van der Waals surface area contributed by atoms with Gasteiger partial charge >= 0.3 is 0 Å². The number of hydrogen-bond donors (Lipinski definition) is 2. The molecule has 6 rings (SSSR count). The molecular formula is C32H39FN6S. The Kier molecular flexibility index (Phi) is 7.87. The van der Waals surface area contributed by atoms with Gasteiger partial charge < -0.3 is 20.4 Å². The van der Waals surface area contributed by atoms with Gasteiger partial charge in [0.25, 0.3) is 0 Å².